The zero-order valence-corrected chi connectivity index (χ0v) is 20.7. The van der Waals surface area contributed by atoms with Crippen LogP contribution >= 0.6 is 11.6 Å². The molecule has 7 rings (SSSR count). The quantitative estimate of drug-likeness (QED) is 0.241. The molecule has 0 radical (unpaired) electrons. The summed E-state index contributed by atoms with van der Waals surface area (Å²) in [5.41, 5.74) is 7.37. The van der Waals surface area contributed by atoms with Gasteiger partial charge in [-0.15, -0.1) is 0 Å². The van der Waals surface area contributed by atoms with Crippen molar-refractivity contribution in [1.29, 1.82) is 0 Å². The zero-order valence-electron chi connectivity index (χ0n) is 19.9. The molecule has 0 amide bonds. The van der Waals surface area contributed by atoms with Gasteiger partial charge in [-0.1, -0.05) is 84.4 Å². The number of para-hydroxylation sites is 1. The summed E-state index contributed by atoms with van der Waals surface area (Å²) in [6.45, 7) is 0. The van der Waals surface area contributed by atoms with E-state index >= 15 is 0 Å². The Bertz CT molecular complexity index is 1870. The molecular formula is C34H22ClNO. The van der Waals surface area contributed by atoms with Crippen LogP contribution in [0.15, 0.2) is 138 Å². The molecule has 1 aromatic heterocycles. The second kappa shape index (κ2) is 8.85. The van der Waals surface area contributed by atoms with Gasteiger partial charge in [-0.25, -0.2) is 0 Å². The first kappa shape index (κ1) is 21.7. The summed E-state index contributed by atoms with van der Waals surface area (Å²) in [6, 6.07) is 46.1. The fourth-order valence-corrected chi connectivity index (χ4v) is 5.32. The van der Waals surface area contributed by atoms with E-state index in [0.29, 0.717) is 0 Å². The molecule has 37 heavy (non-hydrogen) atoms. The lowest BCUT2D eigenvalue weighted by atomic mass is 9.98. The molecule has 0 aliphatic heterocycles. The number of halogens is 1. The van der Waals surface area contributed by atoms with Crippen molar-refractivity contribution in [3.05, 3.63) is 138 Å². The summed E-state index contributed by atoms with van der Waals surface area (Å²) in [6.07, 6.45) is 0. The largest absolute Gasteiger partial charge is 0.455 e. The van der Waals surface area contributed by atoms with Gasteiger partial charge in [-0.3, -0.25) is 0 Å². The van der Waals surface area contributed by atoms with E-state index in [-0.39, 0.29) is 0 Å². The minimum absolute atomic E-state index is 0.723. The third-order valence-corrected chi connectivity index (χ3v) is 7.17. The van der Waals surface area contributed by atoms with Gasteiger partial charge in [0.2, 0.25) is 0 Å². The summed E-state index contributed by atoms with van der Waals surface area (Å²) in [4.78, 5) is 2.24. The highest BCUT2D eigenvalue weighted by molar-refractivity contribution is 6.30. The highest BCUT2D eigenvalue weighted by Crippen LogP contribution is 2.41. The maximum Gasteiger partial charge on any atom is 0.143 e. The van der Waals surface area contributed by atoms with E-state index < -0.39 is 0 Å². The predicted octanol–water partition coefficient (Wildman–Crippen LogP) is 10.5. The smallest absolute Gasteiger partial charge is 0.143 e. The molecule has 0 atom stereocenters. The molecule has 2 nitrogen and oxygen atoms in total. The zero-order chi connectivity index (χ0) is 24.8. The molecule has 6 aromatic carbocycles. The number of furan rings is 1. The standard InChI is InChI=1S/C34H22ClNO/c35-25-16-20-28(21-17-25)36(26-8-2-1-3-9-26)27-18-13-24(14-19-27)29-11-6-12-32-33(29)31-22-15-23-7-4-5-10-30(23)34(31)37-32/h1-22H. The lowest BCUT2D eigenvalue weighted by molar-refractivity contribution is 0.673. The summed E-state index contributed by atoms with van der Waals surface area (Å²) in [5.74, 6) is 0. The van der Waals surface area contributed by atoms with E-state index in [1.165, 1.54) is 5.39 Å². The van der Waals surface area contributed by atoms with Crippen molar-refractivity contribution in [2.24, 2.45) is 0 Å². The van der Waals surface area contributed by atoms with E-state index in [2.05, 4.69) is 108 Å². The molecule has 0 saturated carbocycles. The van der Waals surface area contributed by atoms with Crippen LogP contribution in [-0.2, 0) is 0 Å². The fourth-order valence-electron chi connectivity index (χ4n) is 5.20. The van der Waals surface area contributed by atoms with Crippen molar-refractivity contribution in [3.63, 3.8) is 0 Å². The monoisotopic (exact) mass is 495 g/mol. The lowest BCUT2D eigenvalue weighted by Crippen LogP contribution is -2.09. The van der Waals surface area contributed by atoms with Crippen LogP contribution in [0.3, 0.4) is 0 Å². The first-order valence-corrected chi connectivity index (χ1v) is 12.7. The highest BCUT2D eigenvalue weighted by atomic mass is 35.5. The van der Waals surface area contributed by atoms with E-state index in [1.54, 1.807) is 0 Å². The molecule has 0 fully saturated rings. The van der Waals surface area contributed by atoms with Crippen LogP contribution in [0.1, 0.15) is 0 Å². The van der Waals surface area contributed by atoms with E-state index in [4.69, 9.17) is 16.0 Å². The SMILES string of the molecule is Clc1ccc(N(c2ccccc2)c2ccc(-c3cccc4oc5c6ccccc6ccc5c34)cc2)cc1. The van der Waals surface area contributed by atoms with Gasteiger partial charge in [-0.2, -0.15) is 0 Å². The Morgan fingerprint density at radius 2 is 1.19 bits per heavy atom. The van der Waals surface area contributed by atoms with Gasteiger partial charge in [0.1, 0.15) is 11.2 Å². The molecule has 7 aromatic rings. The van der Waals surface area contributed by atoms with Crippen molar-refractivity contribution >= 4 is 61.4 Å². The summed E-state index contributed by atoms with van der Waals surface area (Å²) < 4.78 is 6.40. The van der Waals surface area contributed by atoms with Crippen LogP contribution in [0.4, 0.5) is 17.1 Å². The average molecular weight is 496 g/mol. The van der Waals surface area contributed by atoms with Crippen LogP contribution < -0.4 is 4.90 Å². The Kier molecular flexibility index (Phi) is 5.20. The second-order valence-corrected chi connectivity index (χ2v) is 9.57. The van der Waals surface area contributed by atoms with Crippen molar-refractivity contribution in [3.8, 4) is 11.1 Å². The second-order valence-electron chi connectivity index (χ2n) is 9.14. The Balaban J connectivity index is 1.36. The maximum absolute atomic E-state index is 6.40. The van der Waals surface area contributed by atoms with Crippen molar-refractivity contribution in [1.82, 2.24) is 0 Å². The minimum atomic E-state index is 0.723. The van der Waals surface area contributed by atoms with Gasteiger partial charge < -0.3 is 9.32 Å². The van der Waals surface area contributed by atoms with Crippen molar-refractivity contribution in [2.45, 2.75) is 0 Å². The van der Waals surface area contributed by atoms with Gasteiger partial charge in [0.25, 0.3) is 0 Å². The molecule has 0 saturated heterocycles. The van der Waals surface area contributed by atoms with Crippen molar-refractivity contribution in [2.75, 3.05) is 4.90 Å². The highest BCUT2D eigenvalue weighted by Gasteiger charge is 2.16. The molecule has 0 N–H and O–H groups in total. The average Bonchev–Trinajstić information content (AvgIpc) is 3.35. The number of nitrogens with zero attached hydrogens (tertiary/aromatic N) is 1. The van der Waals surface area contributed by atoms with Gasteiger partial charge in [-0.05, 0) is 77.2 Å². The molecular weight excluding hydrogens is 474 g/mol. The van der Waals surface area contributed by atoms with Gasteiger partial charge in [0, 0.05) is 38.2 Å². The summed E-state index contributed by atoms with van der Waals surface area (Å²) in [7, 11) is 0. The Morgan fingerprint density at radius 3 is 1.97 bits per heavy atom. The molecule has 3 heteroatoms. The fraction of sp³-hybridized carbons (Fsp3) is 0. The Hall–Kier alpha value is -4.53. The summed E-state index contributed by atoms with van der Waals surface area (Å²) >= 11 is 6.18. The molecule has 0 unspecified atom stereocenters. The lowest BCUT2D eigenvalue weighted by Gasteiger charge is -2.25. The van der Waals surface area contributed by atoms with Gasteiger partial charge >= 0.3 is 0 Å². The van der Waals surface area contributed by atoms with E-state index in [9.17, 15) is 0 Å². The molecule has 1 heterocycles. The van der Waals surface area contributed by atoms with Crippen LogP contribution in [-0.4, -0.2) is 0 Å². The van der Waals surface area contributed by atoms with Crippen LogP contribution in [0.2, 0.25) is 5.02 Å². The maximum atomic E-state index is 6.40. The number of hydrogen-bond acceptors (Lipinski definition) is 2. The number of anilines is 3. The Labute approximate surface area is 220 Å². The molecule has 0 aliphatic rings. The van der Waals surface area contributed by atoms with Crippen LogP contribution in [0, 0.1) is 0 Å². The normalized spacial score (nSPS) is 11.4. The first-order valence-electron chi connectivity index (χ1n) is 12.3. The Morgan fingerprint density at radius 1 is 0.514 bits per heavy atom. The molecule has 0 bridgehead atoms. The van der Waals surface area contributed by atoms with Crippen molar-refractivity contribution < 1.29 is 4.42 Å². The molecule has 0 aliphatic carbocycles. The molecule has 0 spiro atoms. The van der Waals surface area contributed by atoms with E-state index in [1.807, 2.05) is 30.3 Å². The number of fused-ring (bicyclic) bond motifs is 5. The van der Waals surface area contributed by atoms with E-state index in [0.717, 1.165) is 60.5 Å². The summed E-state index contributed by atoms with van der Waals surface area (Å²) in [5, 5.41) is 5.33. The van der Waals surface area contributed by atoms with Gasteiger partial charge in [0.15, 0.2) is 0 Å². The number of hydrogen-bond donors (Lipinski definition) is 0. The number of rotatable bonds is 4. The topological polar surface area (TPSA) is 16.4 Å². The minimum Gasteiger partial charge on any atom is -0.455 e. The van der Waals surface area contributed by atoms with Crippen LogP contribution in [0.5, 0.6) is 0 Å². The van der Waals surface area contributed by atoms with Gasteiger partial charge in [0.05, 0.1) is 0 Å². The third-order valence-electron chi connectivity index (χ3n) is 6.92. The third kappa shape index (κ3) is 3.74. The first-order chi connectivity index (χ1) is 18.3. The van der Waals surface area contributed by atoms with Crippen LogP contribution in [0.25, 0.3) is 43.8 Å². The molecule has 176 valence electrons. The number of benzene rings is 6. The predicted molar refractivity (Wildman–Crippen MR) is 156 cm³/mol.